The van der Waals surface area contributed by atoms with Crippen LogP contribution in [0.5, 0.6) is 5.75 Å². The molecule has 0 bridgehead atoms. The molecule has 0 aromatic heterocycles. The first-order chi connectivity index (χ1) is 15.6. The van der Waals surface area contributed by atoms with Crippen molar-refractivity contribution in [3.63, 3.8) is 0 Å². The van der Waals surface area contributed by atoms with Crippen molar-refractivity contribution in [3.8, 4) is 5.75 Å². The van der Waals surface area contributed by atoms with Crippen molar-refractivity contribution < 1.29 is 19.4 Å². The van der Waals surface area contributed by atoms with Crippen LogP contribution in [0.25, 0.3) is 10.8 Å². The van der Waals surface area contributed by atoms with E-state index in [0.717, 1.165) is 22.1 Å². The number of aromatic carboxylic acids is 1. The molecule has 6 nitrogen and oxygen atoms in total. The molecule has 0 unspecified atom stereocenters. The molecule has 0 heterocycles. The number of ether oxygens (including phenoxy) is 1. The third-order valence-electron chi connectivity index (χ3n) is 4.89. The Hall–Kier alpha value is -4.45. The van der Waals surface area contributed by atoms with Crippen LogP contribution in [0.15, 0.2) is 96.1 Å². The standard InChI is InChI=1S/C26H20N2O4/c29-25(28-27-16-22-7-3-4-8-24(22)26(30)31)20-11-9-18(10-12-20)17-32-23-14-13-19-5-1-2-6-21(19)15-23/h1-16H,17H2,(H,28,29)(H,30,31)/p-1/b27-16-. The van der Waals surface area contributed by atoms with E-state index < -0.39 is 11.9 Å². The molecular weight excluding hydrogens is 404 g/mol. The molecule has 4 rings (SSSR count). The third-order valence-corrected chi connectivity index (χ3v) is 4.89. The summed E-state index contributed by atoms with van der Waals surface area (Å²) in [4.78, 5) is 23.4. The zero-order valence-corrected chi connectivity index (χ0v) is 17.0. The number of nitrogens with one attached hydrogen (secondary N) is 1. The van der Waals surface area contributed by atoms with Gasteiger partial charge in [-0.3, -0.25) is 4.79 Å². The van der Waals surface area contributed by atoms with E-state index in [2.05, 4.69) is 16.6 Å². The van der Waals surface area contributed by atoms with Gasteiger partial charge in [0.25, 0.3) is 5.91 Å². The molecule has 158 valence electrons. The van der Waals surface area contributed by atoms with Crippen LogP contribution in [0, 0.1) is 0 Å². The van der Waals surface area contributed by atoms with Gasteiger partial charge in [0.15, 0.2) is 0 Å². The van der Waals surface area contributed by atoms with E-state index in [-0.39, 0.29) is 5.56 Å². The highest BCUT2D eigenvalue weighted by molar-refractivity contribution is 5.98. The molecule has 4 aromatic rings. The summed E-state index contributed by atoms with van der Waals surface area (Å²) in [6.45, 7) is 0.373. The molecule has 0 spiro atoms. The summed E-state index contributed by atoms with van der Waals surface area (Å²) in [6.07, 6.45) is 1.27. The van der Waals surface area contributed by atoms with E-state index in [9.17, 15) is 14.7 Å². The fourth-order valence-electron chi connectivity index (χ4n) is 3.20. The quantitative estimate of drug-likeness (QED) is 0.364. The first-order valence-corrected chi connectivity index (χ1v) is 9.94. The van der Waals surface area contributed by atoms with E-state index >= 15 is 0 Å². The molecular formula is C26H19N2O4-. The number of rotatable bonds is 7. The minimum absolute atomic E-state index is 0.00117. The van der Waals surface area contributed by atoms with Gasteiger partial charge in [-0.15, -0.1) is 0 Å². The summed E-state index contributed by atoms with van der Waals surface area (Å²) in [7, 11) is 0. The number of nitrogens with zero attached hydrogens (tertiary/aromatic N) is 1. The van der Waals surface area contributed by atoms with Gasteiger partial charge in [-0.05, 0) is 40.6 Å². The van der Waals surface area contributed by atoms with E-state index in [0.29, 0.717) is 17.7 Å². The van der Waals surface area contributed by atoms with E-state index in [1.807, 2.05) is 48.5 Å². The van der Waals surface area contributed by atoms with Gasteiger partial charge in [0.2, 0.25) is 0 Å². The SMILES string of the molecule is O=C(N/N=C\c1ccccc1C(=O)[O-])c1ccc(COc2ccc3ccccc3c2)cc1. The highest BCUT2D eigenvalue weighted by Crippen LogP contribution is 2.21. The van der Waals surface area contributed by atoms with Gasteiger partial charge in [-0.25, -0.2) is 5.43 Å². The van der Waals surface area contributed by atoms with Gasteiger partial charge in [-0.2, -0.15) is 5.10 Å². The van der Waals surface area contributed by atoms with Crippen LogP contribution >= 0.6 is 0 Å². The summed E-state index contributed by atoms with van der Waals surface area (Å²) in [5, 5.41) is 17.2. The van der Waals surface area contributed by atoms with Gasteiger partial charge >= 0.3 is 0 Å². The number of hydrogen-bond acceptors (Lipinski definition) is 5. The molecule has 0 saturated heterocycles. The minimum Gasteiger partial charge on any atom is -0.545 e. The first kappa shape index (κ1) is 20.8. The molecule has 1 N–H and O–H groups in total. The maximum atomic E-state index is 12.3. The lowest BCUT2D eigenvalue weighted by Crippen LogP contribution is -2.24. The topological polar surface area (TPSA) is 90.8 Å². The number of fused-ring (bicyclic) bond motifs is 1. The molecule has 0 aliphatic carbocycles. The maximum Gasteiger partial charge on any atom is 0.271 e. The highest BCUT2D eigenvalue weighted by Gasteiger charge is 2.05. The molecule has 0 atom stereocenters. The van der Waals surface area contributed by atoms with Crippen molar-refractivity contribution in [3.05, 3.63) is 113 Å². The van der Waals surface area contributed by atoms with Crippen LogP contribution in [-0.2, 0) is 6.61 Å². The Morgan fingerprint density at radius 1 is 0.875 bits per heavy atom. The van der Waals surface area contributed by atoms with Crippen LogP contribution in [0.4, 0.5) is 0 Å². The van der Waals surface area contributed by atoms with Gasteiger partial charge in [0, 0.05) is 16.7 Å². The van der Waals surface area contributed by atoms with E-state index in [1.54, 1.807) is 30.3 Å². The smallest absolute Gasteiger partial charge is 0.271 e. The second-order valence-corrected chi connectivity index (χ2v) is 7.07. The Kier molecular flexibility index (Phi) is 6.22. The van der Waals surface area contributed by atoms with Crippen LogP contribution < -0.4 is 15.3 Å². The van der Waals surface area contributed by atoms with Gasteiger partial charge in [0.05, 0.1) is 12.2 Å². The molecule has 6 heteroatoms. The van der Waals surface area contributed by atoms with Crippen molar-refractivity contribution in [2.24, 2.45) is 5.10 Å². The molecule has 0 radical (unpaired) electrons. The largest absolute Gasteiger partial charge is 0.545 e. The lowest BCUT2D eigenvalue weighted by molar-refractivity contribution is -0.255. The van der Waals surface area contributed by atoms with Crippen molar-refractivity contribution >= 4 is 28.9 Å². The molecule has 1 amide bonds. The summed E-state index contributed by atoms with van der Waals surface area (Å²) >= 11 is 0. The fraction of sp³-hybridized carbons (Fsp3) is 0.0385. The average Bonchev–Trinajstić information content (AvgIpc) is 2.83. The van der Waals surface area contributed by atoms with E-state index in [1.165, 1.54) is 12.3 Å². The summed E-state index contributed by atoms with van der Waals surface area (Å²) in [6, 6.07) is 27.3. The second-order valence-electron chi connectivity index (χ2n) is 7.07. The minimum atomic E-state index is -1.31. The molecule has 0 aliphatic rings. The second kappa shape index (κ2) is 9.57. The van der Waals surface area contributed by atoms with Crippen molar-refractivity contribution in [2.75, 3.05) is 0 Å². The molecule has 0 aliphatic heterocycles. The van der Waals surface area contributed by atoms with Crippen molar-refractivity contribution in [1.29, 1.82) is 0 Å². The number of carboxylic acid groups (broad SMARTS) is 1. The van der Waals surface area contributed by atoms with Gasteiger partial charge in [-0.1, -0.05) is 66.7 Å². The lowest BCUT2D eigenvalue weighted by Gasteiger charge is -2.08. The number of carbonyl (C=O) groups is 2. The zero-order chi connectivity index (χ0) is 22.3. The van der Waals surface area contributed by atoms with Crippen LogP contribution in [0.1, 0.15) is 31.8 Å². The summed E-state index contributed by atoms with van der Waals surface area (Å²) in [5.41, 5.74) is 4.08. The van der Waals surface area contributed by atoms with Crippen LogP contribution in [0.3, 0.4) is 0 Å². The third kappa shape index (κ3) is 4.99. The predicted octanol–water partition coefficient (Wildman–Crippen LogP) is 3.55. The molecule has 4 aromatic carbocycles. The lowest BCUT2D eigenvalue weighted by atomic mass is 10.1. The van der Waals surface area contributed by atoms with Crippen molar-refractivity contribution in [1.82, 2.24) is 5.43 Å². The monoisotopic (exact) mass is 423 g/mol. The summed E-state index contributed by atoms with van der Waals surface area (Å²) < 4.78 is 5.87. The number of carbonyl (C=O) groups excluding carboxylic acids is 2. The van der Waals surface area contributed by atoms with Crippen molar-refractivity contribution in [2.45, 2.75) is 6.61 Å². The van der Waals surface area contributed by atoms with Crippen LogP contribution in [0.2, 0.25) is 0 Å². The number of benzene rings is 4. The first-order valence-electron chi connectivity index (χ1n) is 9.94. The van der Waals surface area contributed by atoms with E-state index in [4.69, 9.17) is 4.74 Å². The normalized spacial score (nSPS) is 10.9. The Morgan fingerprint density at radius 3 is 2.38 bits per heavy atom. The van der Waals surface area contributed by atoms with Gasteiger partial charge in [0.1, 0.15) is 12.4 Å². The Bertz CT molecular complexity index is 1300. The fourth-order valence-corrected chi connectivity index (χ4v) is 3.20. The zero-order valence-electron chi connectivity index (χ0n) is 17.0. The molecule has 0 fully saturated rings. The summed E-state index contributed by atoms with van der Waals surface area (Å²) in [5.74, 6) is -0.939. The Balaban J connectivity index is 1.34. The highest BCUT2D eigenvalue weighted by atomic mass is 16.5. The Morgan fingerprint density at radius 2 is 1.59 bits per heavy atom. The number of hydrazone groups is 1. The number of amides is 1. The maximum absolute atomic E-state index is 12.3. The average molecular weight is 423 g/mol. The number of hydrogen-bond donors (Lipinski definition) is 1. The Labute approximate surface area is 184 Å². The number of carboxylic acids is 1. The van der Waals surface area contributed by atoms with Gasteiger partial charge < -0.3 is 14.6 Å². The predicted molar refractivity (Wildman–Crippen MR) is 121 cm³/mol. The van der Waals surface area contributed by atoms with Crippen LogP contribution in [-0.4, -0.2) is 18.1 Å². The molecule has 0 saturated carbocycles. The molecule has 32 heavy (non-hydrogen) atoms.